The first-order valence-electron chi connectivity index (χ1n) is 8.80. The van der Waals surface area contributed by atoms with Crippen molar-refractivity contribution in [3.8, 4) is 0 Å². The van der Waals surface area contributed by atoms with Crippen molar-refractivity contribution in [1.29, 1.82) is 0 Å². The van der Waals surface area contributed by atoms with E-state index in [0.29, 0.717) is 5.54 Å². The number of oxime groups is 1. The molecule has 1 aliphatic heterocycles. The Morgan fingerprint density at radius 3 is 2.55 bits per heavy atom. The van der Waals surface area contributed by atoms with Crippen LogP contribution in [0.1, 0.15) is 49.8 Å². The Morgan fingerprint density at radius 1 is 1.18 bits per heavy atom. The van der Waals surface area contributed by atoms with Crippen LogP contribution < -0.4 is 5.32 Å². The lowest BCUT2D eigenvalue weighted by atomic mass is 9.53. The third kappa shape index (κ3) is 2.31. The normalized spacial score (nSPS) is 42.5. The van der Waals surface area contributed by atoms with Crippen LogP contribution in [0.15, 0.2) is 22.7 Å². The molecule has 6 rings (SSSR count). The summed E-state index contributed by atoms with van der Waals surface area (Å²) in [7, 11) is 0. The van der Waals surface area contributed by atoms with Crippen LogP contribution in [-0.4, -0.2) is 23.9 Å². The fourth-order valence-corrected chi connectivity index (χ4v) is 6.50. The summed E-state index contributed by atoms with van der Waals surface area (Å²) in [5.41, 5.74) is 1.57. The second-order valence-corrected chi connectivity index (χ2v) is 8.97. The van der Waals surface area contributed by atoms with E-state index in [1.165, 1.54) is 43.4 Å². The quantitative estimate of drug-likeness (QED) is 0.916. The molecule has 0 radical (unpaired) electrons. The molecule has 4 heteroatoms. The summed E-state index contributed by atoms with van der Waals surface area (Å²) in [6.45, 7) is 0.963. The Kier molecular flexibility index (Phi) is 3.12. The molecule has 2 heterocycles. The van der Waals surface area contributed by atoms with Crippen molar-refractivity contribution in [3.05, 3.63) is 22.4 Å². The number of nitrogens with zero attached hydrogens (tertiary/aromatic N) is 1. The lowest BCUT2D eigenvalue weighted by Crippen LogP contribution is -2.59. The van der Waals surface area contributed by atoms with Gasteiger partial charge >= 0.3 is 0 Å². The zero-order chi connectivity index (χ0) is 14.6. The number of thiophene rings is 1. The summed E-state index contributed by atoms with van der Waals surface area (Å²) in [5, 5.41) is 10.4. The Morgan fingerprint density at radius 2 is 1.91 bits per heavy atom. The van der Waals surface area contributed by atoms with Gasteiger partial charge in [-0.25, -0.2) is 0 Å². The van der Waals surface area contributed by atoms with Crippen LogP contribution in [0.5, 0.6) is 0 Å². The minimum Gasteiger partial charge on any atom is -0.390 e. The number of nitrogens with one attached hydrogen (secondary N) is 1. The zero-order valence-corrected chi connectivity index (χ0v) is 13.8. The van der Waals surface area contributed by atoms with Crippen LogP contribution in [0.2, 0.25) is 0 Å². The first-order chi connectivity index (χ1) is 10.8. The molecule has 4 bridgehead atoms. The summed E-state index contributed by atoms with van der Waals surface area (Å²) < 4.78 is 0. The van der Waals surface area contributed by atoms with Crippen LogP contribution in [0.3, 0.4) is 0 Å². The third-order valence-electron chi connectivity index (χ3n) is 6.28. The van der Waals surface area contributed by atoms with Crippen LogP contribution in [0.25, 0.3) is 0 Å². The van der Waals surface area contributed by atoms with Crippen molar-refractivity contribution in [2.75, 3.05) is 6.54 Å². The molecule has 1 N–H and O–H groups in total. The van der Waals surface area contributed by atoms with Gasteiger partial charge in [0.25, 0.3) is 0 Å². The highest BCUT2D eigenvalue weighted by atomic mass is 32.1. The average Bonchev–Trinajstić information content (AvgIpc) is 3.15. The predicted octanol–water partition coefficient (Wildman–Crippen LogP) is 3.80. The van der Waals surface area contributed by atoms with E-state index in [2.05, 4.69) is 28.0 Å². The highest BCUT2D eigenvalue weighted by Gasteiger charge is 2.50. The van der Waals surface area contributed by atoms with E-state index in [0.717, 1.165) is 36.4 Å². The molecule has 4 saturated carbocycles. The second-order valence-electron chi connectivity index (χ2n) is 8.03. The number of hydrogen-bond donors (Lipinski definition) is 1. The zero-order valence-electron chi connectivity index (χ0n) is 13.0. The molecular weight excluding hydrogens is 292 g/mol. The highest BCUT2D eigenvalue weighted by Crippen LogP contribution is 2.55. The van der Waals surface area contributed by atoms with Gasteiger partial charge in [0, 0.05) is 18.5 Å². The van der Waals surface area contributed by atoms with Crippen molar-refractivity contribution < 1.29 is 4.84 Å². The van der Waals surface area contributed by atoms with Gasteiger partial charge in [0.1, 0.15) is 11.8 Å². The maximum atomic E-state index is 5.68. The largest absolute Gasteiger partial charge is 0.390 e. The Labute approximate surface area is 136 Å². The smallest absolute Gasteiger partial charge is 0.145 e. The minimum atomic E-state index is 0.227. The van der Waals surface area contributed by atoms with Gasteiger partial charge in [-0.1, -0.05) is 11.2 Å². The Balaban J connectivity index is 1.20. The molecule has 3 nitrogen and oxygen atoms in total. The monoisotopic (exact) mass is 316 g/mol. The average molecular weight is 316 g/mol. The molecule has 0 spiro atoms. The van der Waals surface area contributed by atoms with Gasteiger partial charge in [0.05, 0.1) is 4.88 Å². The van der Waals surface area contributed by atoms with Crippen molar-refractivity contribution >= 4 is 17.0 Å². The third-order valence-corrected chi connectivity index (χ3v) is 7.20. The van der Waals surface area contributed by atoms with Crippen LogP contribution >= 0.6 is 11.3 Å². The van der Waals surface area contributed by atoms with E-state index in [1.807, 2.05) is 0 Å². The minimum absolute atomic E-state index is 0.227. The molecule has 1 aromatic heterocycles. The van der Waals surface area contributed by atoms with Gasteiger partial charge in [-0.15, -0.1) is 11.3 Å². The standard InChI is InChI=1S/C18H24N2OS/c1-2-17(22-3-1)16-7-15(21-20-16)11-19-18-8-12-4-13(9-18)6-14(5-12)10-18/h1-3,12-15,19H,4-11H2. The molecule has 22 heavy (non-hydrogen) atoms. The van der Waals surface area contributed by atoms with E-state index < -0.39 is 0 Å². The fraction of sp³-hybridized carbons (Fsp3) is 0.722. The fourth-order valence-electron chi connectivity index (χ4n) is 5.78. The number of rotatable bonds is 4. The molecule has 0 aromatic carbocycles. The molecule has 118 valence electrons. The summed E-state index contributed by atoms with van der Waals surface area (Å²) in [4.78, 5) is 6.95. The molecule has 4 fully saturated rings. The summed E-state index contributed by atoms with van der Waals surface area (Å²) in [6.07, 6.45) is 9.93. The first kappa shape index (κ1) is 13.6. The van der Waals surface area contributed by atoms with Gasteiger partial charge < -0.3 is 10.2 Å². The molecular formula is C18H24N2OS. The Hall–Kier alpha value is -0.870. The van der Waals surface area contributed by atoms with E-state index in [4.69, 9.17) is 4.84 Å². The van der Waals surface area contributed by atoms with Crippen LogP contribution in [0.4, 0.5) is 0 Å². The lowest BCUT2D eigenvalue weighted by molar-refractivity contribution is -0.0276. The number of hydrogen-bond acceptors (Lipinski definition) is 4. The Bertz CT molecular complexity index is 545. The summed E-state index contributed by atoms with van der Waals surface area (Å²) >= 11 is 1.76. The molecule has 4 aliphatic carbocycles. The lowest BCUT2D eigenvalue weighted by Gasteiger charge is -2.57. The van der Waals surface area contributed by atoms with Gasteiger partial charge in [-0.05, 0) is 67.7 Å². The summed E-state index contributed by atoms with van der Waals surface area (Å²) in [5.74, 6) is 3.00. The van der Waals surface area contributed by atoms with Gasteiger partial charge in [-0.2, -0.15) is 0 Å². The van der Waals surface area contributed by atoms with Crippen LogP contribution in [-0.2, 0) is 4.84 Å². The van der Waals surface area contributed by atoms with Crippen molar-refractivity contribution in [3.63, 3.8) is 0 Å². The molecule has 1 unspecified atom stereocenters. The highest BCUT2D eigenvalue weighted by molar-refractivity contribution is 7.12. The van der Waals surface area contributed by atoms with E-state index in [1.54, 1.807) is 11.3 Å². The molecule has 0 amide bonds. The van der Waals surface area contributed by atoms with Gasteiger partial charge in [0.15, 0.2) is 0 Å². The van der Waals surface area contributed by atoms with Crippen molar-refractivity contribution in [2.45, 2.75) is 56.6 Å². The van der Waals surface area contributed by atoms with Gasteiger partial charge in [0.2, 0.25) is 0 Å². The molecule has 5 aliphatic rings. The molecule has 0 saturated heterocycles. The van der Waals surface area contributed by atoms with Crippen molar-refractivity contribution in [1.82, 2.24) is 5.32 Å². The topological polar surface area (TPSA) is 33.6 Å². The maximum Gasteiger partial charge on any atom is 0.145 e. The summed E-state index contributed by atoms with van der Waals surface area (Å²) in [6, 6.07) is 4.23. The van der Waals surface area contributed by atoms with E-state index in [9.17, 15) is 0 Å². The maximum absolute atomic E-state index is 5.68. The van der Waals surface area contributed by atoms with E-state index in [-0.39, 0.29) is 6.10 Å². The second kappa shape index (κ2) is 5.07. The predicted molar refractivity (Wildman–Crippen MR) is 89.3 cm³/mol. The SMILES string of the molecule is c1csc(C2=NOC(CNC34CC5CC(CC(C5)C3)C4)C2)c1. The van der Waals surface area contributed by atoms with Crippen molar-refractivity contribution in [2.24, 2.45) is 22.9 Å². The van der Waals surface area contributed by atoms with Gasteiger partial charge in [-0.3, -0.25) is 0 Å². The van der Waals surface area contributed by atoms with Crippen LogP contribution in [0, 0.1) is 17.8 Å². The van der Waals surface area contributed by atoms with E-state index >= 15 is 0 Å². The molecule has 1 atom stereocenters. The first-order valence-corrected chi connectivity index (χ1v) is 9.68. The molecule has 1 aromatic rings.